The number of aryl methyl sites for hydroxylation is 1. The molecule has 1 heterocycles. The summed E-state index contributed by atoms with van der Waals surface area (Å²) in [4.78, 5) is 12.4. The van der Waals surface area contributed by atoms with E-state index in [1.54, 1.807) is 6.07 Å². The van der Waals surface area contributed by atoms with E-state index in [0.29, 0.717) is 17.9 Å². The lowest BCUT2D eigenvalue weighted by atomic mass is 10.1. The molecule has 1 aliphatic heterocycles. The van der Waals surface area contributed by atoms with Crippen molar-refractivity contribution in [3.05, 3.63) is 53.6 Å². The van der Waals surface area contributed by atoms with Gasteiger partial charge in [0.05, 0.1) is 11.3 Å². The van der Waals surface area contributed by atoms with Crippen LogP contribution in [0.1, 0.15) is 22.8 Å². The number of hydrogen-bond acceptors (Lipinski definition) is 3. The van der Waals surface area contributed by atoms with E-state index in [9.17, 15) is 4.79 Å². The first-order valence-corrected chi connectivity index (χ1v) is 7.18. The molecule has 0 spiro atoms. The van der Waals surface area contributed by atoms with Crippen molar-refractivity contribution in [1.29, 1.82) is 0 Å². The van der Waals surface area contributed by atoms with E-state index in [1.165, 1.54) is 5.56 Å². The minimum absolute atomic E-state index is 0.153. The van der Waals surface area contributed by atoms with Gasteiger partial charge in [-0.3, -0.25) is 4.79 Å². The Morgan fingerprint density at radius 3 is 2.81 bits per heavy atom. The van der Waals surface area contributed by atoms with Crippen LogP contribution in [-0.2, 0) is 6.42 Å². The van der Waals surface area contributed by atoms with Crippen LogP contribution in [-0.4, -0.2) is 19.1 Å². The van der Waals surface area contributed by atoms with Crippen molar-refractivity contribution in [2.24, 2.45) is 0 Å². The normalized spacial score (nSPS) is 12.8. The third-order valence-electron chi connectivity index (χ3n) is 3.54. The van der Waals surface area contributed by atoms with Gasteiger partial charge in [-0.15, -0.1) is 0 Å². The third kappa shape index (κ3) is 2.84. The van der Waals surface area contributed by atoms with Crippen molar-refractivity contribution < 1.29 is 9.53 Å². The molecule has 4 nitrogen and oxygen atoms in total. The number of benzene rings is 2. The molecule has 2 N–H and O–H groups in total. The highest BCUT2D eigenvalue weighted by atomic mass is 16.5. The molecule has 1 amide bonds. The zero-order valence-corrected chi connectivity index (χ0v) is 12.0. The van der Waals surface area contributed by atoms with Crippen LogP contribution in [0.2, 0.25) is 0 Å². The van der Waals surface area contributed by atoms with Gasteiger partial charge in [0.2, 0.25) is 0 Å². The number of ether oxygens (including phenoxy) is 1. The molecule has 0 atom stereocenters. The molecule has 0 fully saturated rings. The number of carbonyl (C=O) groups is 1. The second-order valence-corrected chi connectivity index (χ2v) is 4.96. The molecule has 0 aliphatic carbocycles. The minimum Gasteiger partial charge on any atom is -0.489 e. The monoisotopic (exact) mass is 282 g/mol. The summed E-state index contributed by atoms with van der Waals surface area (Å²) in [6.07, 6.45) is 0.986. The van der Waals surface area contributed by atoms with E-state index >= 15 is 0 Å². The van der Waals surface area contributed by atoms with Crippen molar-refractivity contribution in [3.63, 3.8) is 0 Å². The Morgan fingerprint density at radius 2 is 2.05 bits per heavy atom. The average molecular weight is 282 g/mol. The summed E-state index contributed by atoms with van der Waals surface area (Å²) in [6.45, 7) is 3.44. The van der Waals surface area contributed by atoms with Gasteiger partial charge in [-0.2, -0.15) is 0 Å². The molecular weight excluding hydrogens is 264 g/mol. The summed E-state index contributed by atoms with van der Waals surface area (Å²) >= 11 is 0. The summed E-state index contributed by atoms with van der Waals surface area (Å²) in [6, 6.07) is 13.4. The molecule has 0 bridgehead atoms. The number of rotatable bonds is 3. The molecule has 4 heteroatoms. The largest absolute Gasteiger partial charge is 0.489 e. The zero-order valence-electron chi connectivity index (χ0n) is 12.0. The molecule has 2 aromatic carbocycles. The SMILES string of the molecule is CCc1ccc(NC(=O)c2cccc3c2OCCN3)cc1. The first-order valence-electron chi connectivity index (χ1n) is 7.18. The van der Waals surface area contributed by atoms with Crippen molar-refractivity contribution in [1.82, 2.24) is 0 Å². The maximum absolute atomic E-state index is 12.4. The quantitative estimate of drug-likeness (QED) is 0.908. The maximum atomic E-state index is 12.4. The molecule has 21 heavy (non-hydrogen) atoms. The third-order valence-corrected chi connectivity index (χ3v) is 3.54. The molecule has 0 radical (unpaired) electrons. The highest BCUT2D eigenvalue weighted by Gasteiger charge is 2.18. The molecule has 3 rings (SSSR count). The Morgan fingerprint density at radius 1 is 1.24 bits per heavy atom. The summed E-state index contributed by atoms with van der Waals surface area (Å²) < 4.78 is 5.63. The van der Waals surface area contributed by atoms with Crippen molar-refractivity contribution in [2.45, 2.75) is 13.3 Å². The molecule has 0 aromatic heterocycles. The van der Waals surface area contributed by atoms with Crippen molar-refractivity contribution in [3.8, 4) is 5.75 Å². The smallest absolute Gasteiger partial charge is 0.259 e. The number of carbonyl (C=O) groups excluding carboxylic acids is 1. The van der Waals surface area contributed by atoms with E-state index in [2.05, 4.69) is 17.6 Å². The molecule has 108 valence electrons. The lowest BCUT2D eigenvalue weighted by molar-refractivity contribution is 0.102. The van der Waals surface area contributed by atoms with E-state index in [0.717, 1.165) is 24.3 Å². The van der Waals surface area contributed by atoms with E-state index in [4.69, 9.17) is 4.74 Å². The Balaban J connectivity index is 1.82. The number of fused-ring (bicyclic) bond motifs is 1. The lowest BCUT2D eigenvalue weighted by Gasteiger charge is -2.21. The fraction of sp³-hybridized carbons (Fsp3) is 0.235. The number of para-hydroxylation sites is 1. The second kappa shape index (κ2) is 5.87. The fourth-order valence-corrected chi connectivity index (χ4v) is 2.37. The highest BCUT2D eigenvalue weighted by Crippen LogP contribution is 2.31. The zero-order chi connectivity index (χ0) is 14.7. The van der Waals surface area contributed by atoms with Crippen LogP contribution in [0.4, 0.5) is 11.4 Å². The predicted molar refractivity (Wildman–Crippen MR) is 84.2 cm³/mol. The van der Waals surface area contributed by atoms with Gasteiger partial charge in [0.1, 0.15) is 6.61 Å². The maximum Gasteiger partial charge on any atom is 0.259 e. The number of amides is 1. The lowest BCUT2D eigenvalue weighted by Crippen LogP contribution is -2.21. The van der Waals surface area contributed by atoms with Gasteiger partial charge in [0, 0.05) is 12.2 Å². The first-order chi connectivity index (χ1) is 10.3. The van der Waals surface area contributed by atoms with Crippen molar-refractivity contribution >= 4 is 17.3 Å². The van der Waals surface area contributed by atoms with Crippen LogP contribution in [0.3, 0.4) is 0 Å². The summed E-state index contributed by atoms with van der Waals surface area (Å²) in [5.74, 6) is 0.478. The van der Waals surface area contributed by atoms with E-state index < -0.39 is 0 Å². The van der Waals surface area contributed by atoms with Gasteiger partial charge in [-0.1, -0.05) is 25.1 Å². The van der Waals surface area contributed by atoms with Crippen molar-refractivity contribution in [2.75, 3.05) is 23.8 Å². The Hall–Kier alpha value is -2.49. The number of hydrogen-bond donors (Lipinski definition) is 2. The van der Waals surface area contributed by atoms with Crippen LogP contribution in [0.25, 0.3) is 0 Å². The van der Waals surface area contributed by atoms with Gasteiger partial charge in [-0.25, -0.2) is 0 Å². The fourth-order valence-electron chi connectivity index (χ4n) is 2.37. The summed E-state index contributed by atoms with van der Waals surface area (Å²) in [7, 11) is 0. The minimum atomic E-state index is -0.153. The molecule has 0 unspecified atom stereocenters. The van der Waals surface area contributed by atoms with Gasteiger partial charge in [0.15, 0.2) is 5.75 Å². The molecule has 2 aromatic rings. The van der Waals surface area contributed by atoms with E-state index in [-0.39, 0.29) is 5.91 Å². The Bertz CT molecular complexity index is 650. The van der Waals surface area contributed by atoms with Gasteiger partial charge in [0.25, 0.3) is 5.91 Å². The molecular formula is C17H18N2O2. The standard InChI is InChI=1S/C17H18N2O2/c1-2-12-6-8-13(9-7-12)19-17(20)14-4-3-5-15-16(14)21-11-10-18-15/h3-9,18H,2,10-11H2,1H3,(H,19,20). The van der Waals surface area contributed by atoms with Crippen LogP contribution in [0.15, 0.2) is 42.5 Å². The summed E-state index contributed by atoms with van der Waals surface area (Å²) in [5.41, 5.74) is 3.46. The van der Waals surface area contributed by atoms with Gasteiger partial charge in [-0.05, 0) is 36.2 Å². The van der Waals surface area contributed by atoms with Gasteiger partial charge < -0.3 is 15.4 Å². The first kappa shape index (κ1) is 13.5. The predicted octanol–water partition coefficient (Wildman–Crippen LogP) is 3.31. The molecule has 0 saturated carbocycles. The van der Waals surface area contributed by atoms with E-state index in [1.807, 2.05) is 36.4 Å². The van der Waals surface area contributed by atoms with Crippen LogP contribution < -0.4 is 15.4 Å². The Kier molecular flexibility index (Phi) is 3.77. The number of nitrogens with one attached hydrogen (secondary N) is 2. The van der Waals surface area contributed by atoms with Crippen LogP contribution in [0, 0.1) is 0 Å². The van der Waals surface area contributed by atoms with Crippen LogP contribution >= 0.6 is 0 Å². The molecule has 0 saturated heterocycles. The average Bonchev–Trinajstić information content (AvgIpc) is 2.55. The summed E-state index contributed by atoms with van der Waals surface area (Å²) in [5, 5.41) is 6.14. The topological polar surface area (TPSA) is 50.4 Å². The second-order valence-electron chi connectivity index (χ2n) is 4.96. The number of anilines is 2. The van der Waals surface area contributed by atoms with Crippen LogP contribution in [0.5, 0.6) is 5.75 Å². The van der Waals surface area contributed by atoms with Gasteiger partial charge >= 0.3 is 0 Å². The Labute approximate surface area is 124 Å². The highest BCUT2D eigenvalue weighted by molar-refractivity contribution is 6.07. The molecule has 1 aliphatic rings.